The van der Waals surface area contributed by atoms with Crippen LogP contribution in [0, 0.1) is 0 Å². The van der Waals surface area contributed by atoms with Crippen LogP contribution in [-0.2, 0) is 16.0 Å². The van der Waals surface area contributed by atoms with Crippen LogP contribution < -0.4 is 5.32 Å². The smallest absolute Gasteiger partial charge is 0.226 e. The molecule has 152 valence electrons. The predicted molar refractivity (Wildman–Crippen MR) is 118 cm³/mol. The molecule has 1 aromatic heterocycles. The van der Waals surface area contributed by atoms with E-state index in [1.54, 1.807) is 13.3 Å². The fourth-order valence-electron chi connectivity index (χ4n) is 3.59. The van der Waals surface area contributed by atoms with Crippen molar-refractivity contribution in [2.75, 3.05) is 33.4 Å². The Kier molecular flexibility index (Phi) is 7.69. The Morgan fingerprint density at radius 1 is 1.21 bits per heavy atom. The number of oxazole rings is 1. The highest BCUT2D eigenvalue weighted by Crippen LogP contribution is 2.21. The van der Waals surface area contributed by atoms with Crippen molar-refractivity contribution in [3.05, 3.63) is 42.3 Å². The number of morpholine rings is 1. The van der Waals surface area contributed by atoms with Gasteiger partial charge >= 0.3 is 0 Å². The minimum atomic E-state index is 0. The van der Waals surface area contributed by atoms with E-state index in [-0.39, 0.29) is 36.2 Å². The lowest BCUT2D eigenvalue weighted by Crippen LogP contribution is -2.53. The molecule has 0 spiro atoms. The van der Waals surface area contributed by atoms with Crippen LogP contribution in [0.3, 0.4) is 0 Å². The number of guanidine groups is 1. The van der Waals surface area contributed by atoms with Gasteiger partial charge in [0.15, 0.2) is 5.96 Å². The van der Waals surface area contributed by atoms with Crippen LogP contribution in [0.2, 0.25) is 0 Å². The monoisotopic (exact) mass is 498 g/mol. The van der Waals surface area contributed by atoms with Crippen molar-refractivity contribution in [2.45, 2.75) is 31.6 Å². The molecule has 2 saturated heterocycles. The third-order valence-electron chi connectivity index (χ3n) is 4.98. The van der Waals surface area contributed by atoms with Gasteiger partial charge in [0.1, 0.15) is 12.4 Å². The third kappa shape index (κ3) is 5.03. The van der Waals surface area contributed by atoms with E-state index in [0.717, 1.165) is 49.8 Å². The molecule has 0 saturated carbocycles. The van der Waals surface area contributed by atoms with Crippen LogP contribution >= 0.6 is 24.0 Å². The van der Waals surface area contributed by atoms with E-state index < -0.39 is 0 Å². The van der Waals surface area contributed by atoms with Gasteiger partial charge in [-0.3, -0.25) is 4.99 Å². The molecule has 0 radical (unpaired) electrons. The van der Waals surface area contributed by atoms with Gasteiger partial charge in [0, 0.05) is 32.3 Å². The molecular weight excluding hydrogens is 471 g/mol. The van der Waals surface area contributed by atoms with Gasteiger partial charge in [-0.05, 0) is 25.0 Å². The second kappa shape index (κ2) is 10.2. The molecule has 2 aromatic rings. The quantitative estimate of drug-likeness (QED) is 0.397. The van der Waals surface area contributed by atoms with Gasteiger partial charge in [0.2, 0.25) is 5.89 Å². The Hall–Kier alpha value is -1.65. The third-order valence-corrected chi connectivity index (χ3v) is 4.98. The summed E-state index contributed by atoms with van der Waals surface area (Å²) in [6.07, 6.45) is 4.20. The van der Waals surface area contributed by atoms with E-state index in [1.807, 2.05) is 30.3 Å². The van der Waals surface area contributed by atoms with Crippen LogP contribution in [0.25, 0.3) is 11.5 Å². The Balaban J connectivity index is 0.00000225. The summed E-state index contributed by atoms with van der Waals surface area (Å²) in [6.45, 7) is 3.70. The van der Waals surface area contributed by atoms with Gasteiger partial charge < -0.3 is 24.1 Å². The summed E-state index contributed by atoms with van der Waals surface area (Å²) in [7, 11) is 1.80. The molecular formula is C20H27IN4O3. The molecule has 2 aliphatic rings. The molecule has 4 rings (SSSR count). The van der Waals surface area contributed by atoms with E-state index in [1.165, 1.54) is 0 Å². The standard InChI is InChI=1S/C20H26N4O3.HI/c1-21-20(24-9-11-26-18(13-24)17-8-5-10-25-17)22-12-16-14-27-19(23-16)15-6-3-2-4-7-15;/h2-4,6-7,14,17-18H,5,8-13H2,1H3,(H,21,22);1H. The number of nitrogens with one attached hydrogen (secondary N) is 1. The lowest BCUT2D eigenvalue weighted by atomic mass is 10.1. The molecule has 2 atom stereocenters. The Morgan fingerprint density at radius 2 is 2.04 bits per heavy atom. The number of hydrogen-bond acceptors (Lipinski definition) is 5. The normalized spacial score (nSPS) is 22.8. The second-order valence-corrected chi connectivity index (χ2v) is 6.82. The lowest BCUT2D eigenvalue weighted by Gasteiger charge is -2.37. The molecule has 1 aromatic carbocycles. The fourth-order valence-corrected chi connectivity index (χ4v) is 3.59. The lowest BCUT2D eigenvalue weighted by molar-refractivity contribution is -0.0817. The maximum Gasteiger partial charge on any atom is 0.226 e. The van der Waals surface area contributed by atoms with Crippen molar-refractivity contribution < 1.29 is 13.9 Å². The average molecular weight is 498 g/mol. The van der Waals surface area contributed by atoms with E-state index in [2.05, 4.69) is 20.2 Å². The van der Waals surface area contributed by atoms with Crippen LogP contribution in [0.5, 0.6) is 0 Å². The molecule has 0 aliphatic carbocycles. The first-order chi connectivity index (χ1) is 13.3. The van der Waals surface area contributed by atoms with E-state index >= 15 is 0 Å². The van der Waals surface area contributed by atoms with Gasteiger partial charge in [0.25, 0.3) is 0 Å². The number of ether oxygens (including phenoxy) is 2. The number of benzene rings is 1. The topological polar surface area (TPSA) is 72.1 Å². The van der Waals surface area contributed by atoms with E-state index in [0.29, 0.717) is 19.0 Å². The van der Waals surface area contributed by atoms with E-state index in [4.69, 9.17) is 13.9 Å². The molecule has 2 unspecified atom stereocenters. The minimum Gasteiger partial charge on any atom is -0.444 e. The molecule has 1 N–H and O–H groups in total. The number of halogens is 1. The van der Waals surface area contributed by atoms with Gasteiger partial charge in [0.05, 0.1) is 24.9 Å². The number of aliphatic imine (C=N–C) groups is 1. The first-order valence-electron chi connectivity index (χ1n) is 9.52. The molecule has 7 nitrogen and oxygen atoms in total. The zero-order valence-electron chi connectivity index (χ0n) is 16.0. The van der Waals surface area contributed by atoms with Crippen molar-refractivity contribution in [2.24, 2.45) is 4.99 Å². The zero-order valence-corrected chi connectivity index (χ0v) is 18.4. The highest BCUT2D eigenvalue weighted by molar-refractivity contribution is 14.0. The van der Waals surface area contributed by atoms with Crippen LogP contribution in [-0.4, -0.2) is 61.4 Å². The molecule has 8 heteroatoms. The van der Waals surface area contributed by atoms with Crippen LogP contribution in [0.15, 0.2) is 46.0 Å². The first-order valence-corrected chi connectivity index (χ1v) is 9.52. The van der Waals surface area contributed by atoms with Crippen LogP contribution in [0.1, 0.15) is 18.5 Å². The number of rotatable bonds is 4. The number of aromatic nitrogens is 1. The largest absolute Gasteiger partial charge is 0.444 e. The van der Waals surface area contributed by atoms with Gasteiger partial charge in [-0.1, -0.05) is 18.2 Å². The molecule has 3 heterocycles. The Labute approximate surface area is 182 Å². The average Bonchev–Trinajstić information content (AvgIpc) is 3.42. The Morgan fingerprint density at radius 3 is 2.79 bits per heavy atom. The molecule has 2 aliphatic heterocycles. The summed E-state index contributed by atoms with van der Waals surface area (Å²) in [5, 5.41) is 3.39. The SMILES string of the molecule is CN=C(NCc1coc(-c2ccccc2)n1)N1CCOC(C2CCCO2)C1.I. The minimum absolute atomic E-state index is 0. The van der Waals surface area contributed by atoms with Crippen LogP contribution in [0.4, 0.5) is 0 Å². The highest BCUT2D eigenvalue weighted by atomic mass is 127. The van der Waals surface area contributed by atoms with Crippen molar-refractivity contribution in [1.29, 1.82) is 0 Å². The second-order valence-electron chi connectivity index (χ2n) is 6.82. The molecule has 0 amide bonds. The summed E-state index contributed by atoms with van der Waals surface area (Å²) in [4.78, 5) is 11.2. The van der Waals surface area contributed by atoms with Crippen molar-refractivity contribution >= 4 is 29.9 Å². The summed E-state index contributed by atoms with van der Waals surface area (Å²) in [5.74, 6) is 1.48. The van der Waals surface area contributed by atoms with Crippen molar-refractivity contribution in [1.82, 2.24) is 15.2 Å². The number of hydrogen-bond donors (Lipinski definition) is 1. The maximum atomic E-state index is 5.93. The Bertz CT molecular complexity index is 762. The highest BCUT2D eigenvalue weighted by Gasteiger charge is 2.32. The number of nitrogens with zero attached hydrogens (tertiary/aromatic N) is 3. The zero-order chi connectivity index (χ0) is 18.5. The maximum absolute atomic E-state index is 5.93. The van der Waals surface area contributed by atoms with Gasteiger partial charge in [-0.25, -0.2) is 4.98 Å². The summed E-state index contributed by atoms with van der Waals surface area (Å²) < 4.78 is 17.3. The molecule has 2 fully saturated rings. The van der Waals surface area contributed by atoms with Crippen molar-refractivity contribution in [3.63, 3.8) is 0 Å². The summed E-state index contributed by atoms with van der Waals surface area (Å²) in [5.41, 5.74) is 1.82. The van der Waals surface area contributed by atoms with Gasteiger partial charge in [-0.2, -0.15) is 0 Å². The predicted octanol–water partition coefficient (Wildman–Crippen LogP) is 2.91. The fraction of sp³-hybridized carbons (Fsp3) is 0.500. The summed E-state index contributed by atoms with van der Waals surface area (Å²) in [6, 6.07) is 9.90. The molecule has 28 heavy (non-hydrogen) atoms. The van der Waals surface area contributed by atoms with Gasteiger partial charge in [-0.15, -0.1) is 24.0 Å². The van der Waals surface area contributed by atoms with E-state index in [9.17, 15) is 0 Å². The summed E-state index contributed by atoms with van der Waals surface area (Å²) >= 11 is 0. The van der Waals surface area contributed by atoms with Crippen molar-refractivity contribution in [3.8, 4) is 11.5 Å². The molecule has 0 bridgehead atoms. The first kappa shape index (κ1) is 21.1.